The maximum Gasteiger partial charge on any atom is 0.123 e. The fourth-order valence-corrected chi connectivity index (χ4v) is 2.18. The standard InChI is InChI=1S/C15H19FN2O/c1-18-10-14(9-17-18)3-2-13(11-19)8-12-4-6-15(16)7-5-12/h4-7,9-10,13,19H,2-3,8,11H2,1H3. The largest absolute Gasteiger partial charge is 0.396 e. The highest BCUT2D eigenvalue weighted by molar-refractivity contribution is 5.16. The molecule has 0 bridgehead atoms. The predicted octanol–water partition coefficient (Wildman–Crippen LogP) is 2.34. The first-order chi connectivity index (χ1) is 9.17. The molecule has 0 aliphatic rings. The van der Waals surface area contributed by atoms with Gasteiger partial charge >= 0.3 is 0 Å². The Kier molecular flexibility index (Phi) is 4.68. The average molecular weight is 262 g/mol. The van der Waals surface area contributed by atoms with E-state index in [0.717, 1.165) is 24.8 Å². The van der Waals surface area contributed by atoms with Gasteiger partial charge in [0.25, 0.3) is 0 Å². The molecule has 0 saturated carbocycles. The number of aliphatic hydroxyl groups excluding tert-OH is 1. The van der Waals surface area contributed by atoms with Crippen LogP contribution in [0.4, 0.5) is 4.39 Å². The Bertz CT molecular complexity index is 507. The van der Waals surface area contributed by atoms with Crippen LogP contribution in [-0.4, -0.2) is 21.5 Å². The molecule has 2 aromatic rings. The summed E-state index contributed by atoms with van der Waals surface area (Å²) in [5, 5.41) is 13.6. The van der Waals surface area contributed by atoms with Gasteiger partial charge in [0.05, 0.1) is 6.20 Å². The smallest absolute Gasteiger partial charge is 0.123 e. The molecule has 0 spiro atoms. The molecule has 0 fully saturated rings. The highest BCUT2D eigenvalue weighted by Gasteiger charge is 2.10. The Morgan fingerprint density at radius 2 is 2.00 bits per heavy atom. The SMILES string of the molecule is Cn1cc(CCC(CO)Cc2ccc(F)cc2)cn1. The number of nitrogens with zero attached hydrogens (tertiary/aromatic N) is 2. The van der Waals surface area contributed by atoms with Crippen molar-refractivity contribution in [2.45, 2.75) is 19.3 Å². The van der Waals surface area contributed by atoms with Gasteiger partial charge in [-0.3, -0.25) is 4.68 Å². The van der Waals surface area contributed by atoms with Crippen molar-refractivity contribution in [2.75, 3.05) is 6.61 Å². The van der Waals surface area contributed by atoms with Gasteiger partial charge in [-0.15, -0.1) is 0 Å². The van der Waals surface area contributed by atoms with Gasteiger partial charge in [0.1, 0.15) is 5.82 Å². The Morgan fingerprint density at radius 3 is 2.58 bits per heavy atom. The number of rotatable bonds is 6. The molecule has 1 aromatic carbocycles. The summed E-state index contributed by atoms with van der Waals surface area (Å²) in [5.41, 5.74) is 2.24. The lowest BCUT2D eigenvalue weighted by Crippen LogP contribution is -2.11. The van der Waals surface area contributed by atoms with E-state index in [1.165, 1.54) is 17.7 Å². The van der Waals surface area contributed by atoms with Gasteiger partial charge in [0.2, 0.25) is 0 Å². The summed E-state index contributed by atoms with van der Waals surface area (Å²) in [6.07, 6.45) is 6.43. The molecule has 0 aliphatic carbocycles. The highest BCUT2D eigenvalue weighted by atomic mass is 19.1. The molecule has 0 amide bonds. The van der Waals surface area contributed by atoms with Crippen molar-refractivity contribution in [2.24, 2.45) is 13.0 Å². The summed E-state index contributed by atoms with van der Waals surface area (Å²) < 4.78 is 14.6. The lowest BCUT2D eigenvalue weighted by molar-refractivity contribution is 0.218. The monoisotopic (exact) mass is 262 g/mol. The molecule has 0 aliphatic heterocycles. The minimum atomic E-state index is -0.223. The van der Waals surface area contributed by atoms with Crippen LogP contribution in [0.5, 0.6) is 0 Å². The van der Waals surface area contributed by atoms with Gasteiger partial charge in [0.15, 0.2) is 0 Å². The number of halogens is 1. The normalized spacial score (nSPS) is 12.6. The van der Waals surface area contributed by atoms with Crippen LogP contribution in [-0.2, 0) is 19.9 Å². The van der Waals surface area contributed by atoms with Crippen molar-refractivity contribution in [3.8, 4) is 0 Å². The van der Waals surface area contributed by atoms with E-state index in [0.29, 0.717) is 0 Å². The molecule has 1 aromatic heterocycles. The molecule has 1 atom stereocenters. The Balaban J connectivity index is 1.87. The van der Waals surface area contributed by atoms with Gasteiger partial charge < -0.3 is 5.11 Å². The Labute approximate surface area is 112 Å². The van der Waals surface area contributed by atoms with Crippen molar-refractivity contribution in [3.63, 3.8) is 0 Å². The van der Waals surface area contributed by atoms with E-state index in [2.05, 4.69) is 5.10 Å². The summed E-state index contributed by atoms with van der Waals surface area (Å²) in [5.74, 6) is -0.0228. The van der Waals surface area contributed by atoms with Crippen LogP contribution in [0.1, 0.15) is 17.5 Å². The van der Waals surface area contributed by atoms with Crippen LogP contribution < -0.4 is 0 Å². The molecule has 1 N–H and O–H groups in total. The van der Waals surface area contributed by atoms with E-state index in [-0.39, 0.29) is 18.3 Å². The highest BCUT2D eigenvalue weighted by Crippen LogP contribution is 2.15. The molecule has 1 unspecified atom stereocenters. The van der Waals surface area contributed by atoms with E-state index < -0.39 is 0 Å². The topological polar surface area (TPSA) is 38.0 Å². The molecule has 2 rings (SSSR count). The van der Waals surface area contributed by atoms with Crippen molar-refractivity contribution >= 4 is 0 Å². The number of aliphatic hydroxyl groups is 1. The third-order valence-electron chi connectivity index (χ3n) is 3.30. The van der Waals surface area contributed by atoms with Crippen molar-refractivity contribution in [1.82, 2.24) is 9.78 Å². The number of hydrogen-bond acceptors (Lipinski definition) is 2. The van der Waals surface area contributed by atoms with Gasteiger partial charge in [0, 0.05) is 19.9 Å². The summed E-state index contributed by atoms with van der Waals surface area (Å²) >= 11 is 0. The molecule has 3 nitrogen and oxygen atoms in total. The second-order valence-electron chi connectivity index (χ2n) is 4.94. The second-order valence-corrected chi connectivity index (χ2v) is 4.94. The molecule has 1 heterocycles. The van der Waals surface area contributed by atoms with Crippen LogP contribution in [0.25, 0.3) is 0 Å². The molecule has 19 heavy (non-hydrogen) atoms. The van der Waals surface area contributed by atoms with Crippen molar-refractivity contribution in [3.05, 3.63) is 53.6 Å². The second kappa shape index (κ2) is 6.48. The van der Waals surface area contributed by atoms with Crippen LogP contribution in [0, 0.1) is 11.7 Å². The van der Waals surface area contributed by atoms with E-state index >= 15 is 0 Å². The molecule has 102 valence electrons. The lowest BCUT2D eigenvalue weighted by Gasteiger charge is -2.13. The minimum Gasteiger partial charge on any atom is -0.396 e. The summed E-state index contributed by atoms with van der Waals surface area (Å²) in [7, 11) is 1.89. The first-order valence-electron chi connectivity index (χ1n) is 6.50. The predicted molar refractivity (Wildman–Crippen MR) is 72.2 cm³/mol. The van der Waals surface area contributed by atoms with Crippen molar-refractivity contribution < 1.29 is 9.50 Å². The first-order valence-corrected chi connectivity index (χ1v) is 6.50. The van der Waals surface area contributed by atoms with Crippen LogP contribution in [0.3, 0.4) is 0 Å². The fraction of sp³-hybridized carbons (Fsp3) is 0.400. The average Bonchev–Trinajstić information content (AvgIpc) is 2.82. The zero-order valence-electron chi connectivity index (χ0n) is 11.1. The maximum absolute atomic E-state index is 12.8. The fourth-order valence-electron chi connectivity index (χ4n) is 2.18. The molecule has 0 radical (unpaired) electrons. The molecule has 4 heteroatoms. The number of aromatic nitrogens is 2. The van der Waals surface area contributed by atoms with Crippen LogP contribution in [0.15, 0.2) is 36.7 Å². The van der Waals surface area contributed by atoms with Crippen LogP contribution in [0.2, 0.25) is 0 Å². The third kappa shape index (κ3) is 4.17. The third-order valence-corrected chi connectivity index (χ3v) is 3.30. The van der Waals surface area contributed by atoms with Crippen LogP contribution >= 0.6 is 0 Å². The quantitative estimate of drug-likeness (QED) is 0.867. The molecular formula is C15H19FN2O. The van der Waals surface area contributed by atoms with E-state index in [9.17, 15) is 9.50 Å². The first kappa shape index (κ1) is 13.7. The van der Waals surface area contributed by atoms with Gasteiger partial charge in [-0.25, -0.2) is 4.39 Å². The lowest BCUT2D eigenvalue weighted by atomic mass is 9.94. The van der Waals surface area contributed by atoms with E-state index in [1.54, 1.807) is 16.8 Å². The minimum absolute atomic E-state index is 0.150. The molecule has 0 saturated heterocycles. The summed E-state index contributed by atoms with van der Waals surface area (Å²) in [6, 6.07) is 6.49. The van der Waals surface area contributed by atoms with Gasteiger partial charge in [-0.2, -0.15) is 5.10 Å². The van der Waals surface area contributed by atoms with Crippen molar-refractivity contribution in [1.29, 1.82) is 0 Å². The number of benzene rings is 1. The molecular weight excluding hydrogens is 243 g/mol. The van der Waals surface area contributed by atoms with Gasteiger partial charge in [-0.05, 0) is 48.4 Å². The Morgan fingerprint density at radius 1 is 1.26 bits per heavy atom. The zero-order valence-corrected chi connectivity index (χ0v) is 11.1. The zero-order chi connectivity index (χ0) is 13.7. The van der Waals surface area contributed by atoms with E-state index in [4.69, 9.17) is 0 Å². The maximum atomic E-state index is 12.8. The number of aryl methyl sites for hydroxylation is 2. The van der Waals surface area contributed by atoms with E-state index in [1.807, 2.05) is 19.4 Å². The Hall–Kier alpha value is -1.68. The summed E-state index contributed by atoms with van der Waals surface area (Å²) in [4.78, 5) is 0. The number of hydrogen-bond donors (Lipinski definition) is 1. The summed E-state index contributed by atoms with van der Waals surface area (Å²) in [6.45, 7) is 0.150. The van der Waals surface area contributed by atoms with Gasteiger partial charge in [-0.1, -0.05) is 12.1 Å².